The Hall–Kier alpha value is 1.35. The summed E-state index contributed by atoms with van der Waals surface area (Å²) in [6.07, 6.45) is 0. The van der Waals surface area contributed by atoms with Gasteiger partial charge in [-0.1, -0.05) is 45.9 Å². The second-order valence-electron chi connectivity index (χ2n) is 3.79. The minimum Gasteiger partial charge on any atom is -0.545 e. The molecule has 0 aliphatic rings. The van der Waals surface area contributed by atoms with Crippen LogP contribution in [0, 0.1) is 0 Å². The average Bonchev–Trinajstić information content (AvgIpc) is 2.46. The van der Waals surface area contributed by atoms with Crippen LogP contribution in [0.15, 0.2) is 58.3 Å². The zero-order valence-corrected chi connectivity index (χ0v) is 19.9. The molecule has 2 aromatic rings. The largest absolute Gasteiger partial charge is 1.00 e. The van der Waals surface area contributed by atoms with Crippen molar-refractivity contribution in [3.63, 3.8) is 0 Å². The van der Waals surface area contributed by atoms with Gasteiger partial charge in [-0.15, -0.1) is 0 Å². The molecule has 0 aromatic heterocycles. The van der Waals surface area contributed by atoms with Crippen LogP contribution in [0.4, 0.5) is 0 Å². The average molecular weight is 383 g/mol. The molecule has 0 heterocycles. The summed E-state index contributed by atoms with van der Waals surface area (Å²) in [5, 5.41) is 21.2. The van der Waals surface area contributed by atoms with Gasteiger partial charge in [0.05, 0.1) is 11.9 Å². The first-order valence-corrected chi connectivity index (χ1v) is 7.68. The molecule has 2 aromatic carbocycles. The molecule has 0 atom stereocenters. The zero-order valence-electron chi connectivity index (χ0n) is 12.1. The van der Waals surface area contributed by atoms with Crippen LogP contribution < -0.4 is 113 Å². The van der Waals surface area contributed by atoms with E-state index in [1.165, 1.54) is 45.9 Å². The molecule has 0 saturated heterocycles. The Morgan fingerprint density at radius 3 is 1.14 bits per heavy atom. The van der Waals surface area contributed by atoms with Crippen molar-refractivity contribution in [2.45, 2.75) is 9.79 Å². The van der Waals surface area contributed by atoms with Gasteiger partial charge < -0.3 is 19.8 Å². The van der Waals surface area contributed by atoms with Crippen molar-refractivity contribution in [3.05, 3.63) is 59.7 Å². The van der Waals surface area contributed by atoms with Gasteiger partial charge in [0.25, 0.3) is 0 Å². The van der Waals surface area contributed by atoms with Crippen LogP contribution in [-0.2, 0) is 0 Å². The molecule has 4 nitrogen and oxygen atoms in total. The molecule has 0 aliphatic heterocycles. The van der Waals surface area contributed by atoms with Crippen LogP contribution in [0.3, 0.4) is 0 Å². The summed E-state index contributed by atoms with van der Waals surface area (Å²) in [7, 11) is 2.90. The maximum Gasteiger partial charge on any atom is 1.00 e. The van der Waals surface area contributed by atoms with Crippen LogP contribution in [0.1, 0.15) is 20.7 Å². The van der Waals surface area contributed by atoms with Crippen molar-refractivity contribution in [2.75, 3.05) is 0 Å². The number of rotatable bonds is 5. The number of hydrogen-bond acceptors (Lipinski definition) is 6. The summed E-state index contributed by atoms with van der Waals surface area (Å²) in [6, 6.07) is 12.7. The summed E-state index contributed by atoms with van der Waals surface area (Å²) in [6.45, 7) is 0. The number of benzene rings is 2. The molecule has 0 saturated carbocycles. The summed E-state index contributed by atoms with van der Waals surface area (Å²) in [4.78, 5) is 23.0. The number of hydrogen-bond donors (Lipinski definition) is 0. The van der Waals surface area contributed by atoms with Crippen LogP contribution in [0.25, 0.3) is 0 Å². The Morgan fingerprint density at radius 1 is 0.636 bits per heavy atom. The first-order valence-electron chi connectivity index (χ1n) is 5.53. The Bertz CT molecular complexity index is 573. The smallest absolute Gasteiger partial charge is 0.545 e. The van der Waals surface area contributed by atoms with Gasteiger partial charge in [-0.25, -0.2) is 0 Å². The van der Waals surface area contributed by atoms with Crippen LogP contribution in [-0.4, -0.2) is 11.9 Å². The first-order chi connectivity index (χ1) is 9.56. The van der Waals surface area contributed by atoms with Crippen LogP contribution in [0.2, 0.25) is 0 Å². The standard InChI is InChI=1S/C14H10O4S2.2K/c15-13(16)9-1-5-11(6-2-9)19-20-12-7-3-10(4-8-12)14(17)18;;/h1-8H,(H,15,16)(H,17,18);;/q;2*+1/p-2. The van der Waals surface area contributed by atoms with Gasteiger partial charge in [-0.05, 0) is 35.4 Å². The quantitative estimate of drug-likeness (QED) is 0.382. The minimum absolute atomic E-state index is 0. The van der Waals surface area contributed by atoms with E-state index in [4.69, 9.17) is 0 Å². The van der Waals surface area contributed by atoms with Gasteiger partial charge in [0, 0.05) is 9.79 Å². The van der Waals surface area contributed by atoms with Gasteiger partial charge in [0.15, 0.2) is 0 Å². The molecule has 0 fully saturated rings. The predicted octanol–water partition coefficient (Wildman–Crippen LogP) is -4.78. The van der Waals surface area contributed by atoms with Gasteiger partial charge >= 0.3 is 103 Å². The fourth-order valence-corrected chi connectivity index (χ4v) is 3.32. The van der Waals surface area contributed by atoms with E-state index in [-0.39, 0.29) is 114 Å². The molecule has 0 aliphatic carbocycles. The molecule has 0 unspecified atom stereocenters. The molecule has 102 valence electrons. The Labute approximate surface area is 221 Å². The summed E-state index contributed by atoms with van der Waals surface area (Å²) in [5.74, 6) is -2.40. The SMILES string of the molecule is O=C([O-])c1ccc(SSc2ccc(C(=O)[O-])cc2)cc1.[K+].[K+]. The molecule has 0 spiro atoms. The van der Waals surface area contributed by atoms with Gasteiger partial charge in [0.1, 0.15) is 0 Å². The first kappa shape index (κ1) is 23.4. The Kier molecular flexibility index (Phi) is 12.6. The normalized spacial score (nSPS) is 9.27. The van der Waals surface area contributed by atoms with Crippen LogP contribution >= 0.6 is 21.6 Å². The van der Waals surface area contributed by atoms with E-state index in [1.54, 1.807) is 24.3 Å². The third kappa shape index (κ3) is 7.50. The maximum atomic E-state index is 10.6. The van der Waals surface area contributed by atoms with Crippen molar-refractivity contribution in [1.29, 1.82) is 0 Å². The van der Waals surface area contributed by atoms with E-state index in [0.29, 0.717) is 0 Å². The Morgan fingerprint density at radius 2 is 0.909 bits per heavy atom. The van der Waals surface area contributed by atoms with Gasteiger partial charge in [-0.3, -0.25) is 0 Å². The monoisotopic (exact) mass is 382 g/mol. The molecular weight excluding hydrogens is 374 g/mol. The van der Waals surface area contributed by atoms with Crippen molar-refractivity contribution in [3.8, 4) is 0 Å². The van der Waals surface area contributed by atoms with E-state index >= 15 is 0 Å². The molecule has 0 amide bonds. The van der Waals surface area contributed by atoms with Gasteiger partial charge in [-0.2, -0.15) is 0 Å². The fraction of sp³-hybridized carbons (Fsp3) is 0. The number of carbonyl (C=O) groups is 2. The van der Waals surface area contributed by atoms with E-state index in [1.807, 2.05) is 0 Å². The third-order valence-electron chi connectivity index (χ3n) is 2.41. The topological polar surface area (TPSA) is 80.3 Å². The number of carboxylic acid groups (broad SMARTS) is 2. The predicted molar refractivity (Wildman–Crippen MR) is 73.3 cm³/mol. The molecule has 0 bridgehead atoms. The number of aromatic carboxylic acids is 2. The molecular formula is C14H8K2O4S2. The second-order valence-corrected chi connectivity index (χ2v) is 6.07. The number of carboxylic acids is 2. The molecule has 0 N–H and O–H groups in total. The van der Waals surface area contributed by atoms with E-state index in [2.05, 4.69) is 0 Å². The van der Waals surface area contributed by atoms with Crippen molar-refractivity contribution >= 4 is 33.5 Å². The Balaban J connectivity index is 0.00000220. The fourth-order valence-electron chi connectivity index (χ4n) is 1.39. The molecule has 0 radical (unpaired) electrons. The minimum atomic E-state index is -1.20. The zero-order chi connectivity index (χ0) is 14.5. The molecule has 8 heteroatoms. The summed E-state index contributed by atoms with van der Waals surface area (Å²) in [5.41, 5.74) is 0.273. The molecule has 22 heavy (non-hydrogen) atoms. The van der Waals surface area contributed by atoms with Crippen LogP contribution in [0.5, 0.6) is 0 Å². The van der Waals surface area contributed by atoms with Crippen molar-refractivity contribution < 1.29 is 123 Å². The van der Waals surface area contributed by atoms with Gasteiger partial charge in [0.2, 0.25) is 0 Å². The third-order valence-corrected chi connectivity index (χ3v) is 4.83. The second kappa shape index (κ2) is 11.8. The number of carbonyl (C=O) groups excluding carboxylic acids is 2. The van der Waals surface area contributed by atoms with Crippen molar-refractivity contribution in [2.24, 2.45) is 0 Å². The van der Waals surface area contributed by atoms with E-state index in [9.17, 15) is 19.8 Å². The van der Waals surface area contributed by atoms with E-state index in [0.717, 1.165) is 9.79 Å². The maximum absolute atomic E-state index is 10.6. The van der Waals surface area contributed by atoms with Crippen molar-refractivity contribution in [1.82, 2.24) is 0 Å². The molecule has 2 rings (SSSR count). The summed E-state index contributed by atoms with van der Waals surface area (Å²) >= 11 is 0. The summed E-state index contributed by atoms with van der Waals surface area (Å²) < 4.78 is 0. The van der Waals surface area contributed by atoms with E-state index < -0.39 is 11.9 Å².